The highest BCUT2D eigenvalue weighted by atomic mass is 16.4. The van der Waals surface area contributed by atoms with Crippen LogP contribution in [0.4, 0.5) is 0 Å². The fraction of sp³-hybridized carbons (Fsp3) is 0.500. The highest BCUT2D eigenvalue weighted by molar-refractivity contribution is 6.00. The number of aromatic carboxylic acids is 1. The number of carboxylic acids is 1. The van der Waals surface area contributed by atoms with Crippen molar-refractivity contribution in [3.8, 4) is 0 Å². The third-order valence-corrected chi connectivity index (χ3v) is 2.66. The minimum absolute atomic E-state index is 0.0588. The number of hydrogen-bond donors (Lipinski definition) is 2. The lowest BCUT2D eigenvalue weighted by Gasteiger charge is -2.12. The molecule has 0 saturated carbocycles. The van der Waals surface area contributed by atoms with Crippen LogP contribution in [0.25, 0.3) is 0 Å². The summed E-state index contributed by atoms with van der Waals surface area (Å²) in [5.41, 5.74) is 0.811. The van der Waals surface area contributed by atoms with Crippen molar-refractivity contribution in [1.82, 2.24) is 9.78 Å². The summed E-state index contributed by atoms with van der Waals surface area (Å²) in [5, 5.41) is 21.7. The van der Waals surface area contributed by atoms with Crippen LogP contribution in [-0.2, 0) is 13.0 Å². The number of aliphatic hydroxyl groups is 1. The molecule has 0 amide bonds. The van der Waals surface area contributed by atoms with Crippen molar-refractivity contribution >= 4 is 11.8 Å². The first-order chi connectivity index (χ1) is 7.65. The Morgan fingerprint density at radius 2 is 2.19 bits per heavy atom. The van der Waals surface area contributed by atoms with Crippen LogP contribution in [-0.4, -0.2) is 38.4 Å². The van der Waals surface area contributed by atoms with Gasteiger partial charge in [0.2, 0.25) is 0 Å². The molecule has 0 aromatic carbocycles. The summed E-state index contributed by atoms with van der Waals surface area (Å²) in [6.07, 6.45) is 1.65. The molecule has 0 radical (unpaired) electrons. The third-order valence-electron chi connectivity index (χ3n) is 2.66. The molecule has 0 atom stereocenters. The maximum atomic E-state index is 11.7. The van der Waals surface area contributed by atoms with Crippen LogP contribution >= 0.6 is 0 Å². The topological polar surface area (TPSA) is 92.4 Å². The lowest BCUT2D eigenvalue weighted by Crippen LogP contribution is -2.17. The van der Waals surface area contributed by atoms with Crippen LogP contribution in [0, 0.1) is 0 Å². The van der Waals surface area contributed by atoms with E-state index in [-0.39, 0.29) is 24.6 Å². The Kier molecular flexibility index (Phi) is 2.74. The number of carbonyl (C=O) groups excluding carboxylic acids is 1. The molecule has 16 heavy (non-hydrogen) atoms. The van der Waals surface area contributed by atoms with Gasteiger partial charge in [0.1, 0.15) is 5.69 Å². The number of aromatic nitrogens is 2. The van der Waals surface area contributed by atoms with Crippen LogP contribution < -0.4 is 0 Å². The van der Waals surface area contributed by atoms with Crippen molar-refractivity contribution in [2.24, 2.45) is 0 Å². The van der Waals surface area contributed by atoms with Crippen molar-refractivity contribution in [2.75, 3.05) is 6.61 Å². The van der Waals surface area contributed by atoms with Gasteiger partial charge in [-0.15, -0.1) is 0 Å². The molecule has 2 N–H and O–H groups in total. The quantitative estimate of drug-likeness (QED) is 0.759. The van der Waals surface area contributed by atoms with Crippen LogP contribution in [0.1, 0.15) is 39.4 Å². The van der Waals surface area contributed by atoms with E-state index in [1.54, 1.807) is 0 Å². The van der Waals surface area contributed by atoms with Crippen molar-refractivity contribution in [2.45, 2.75) is 25.8 Å². The molecule has 1 aliphatic rings. The van der Waals surface area contributed by atoms with Gasteiger partial charge in [-0.05, 0) is 12.8 Å². The van der Waals surface area contributed by atoms with Gasteiger partial charge in [-0.2, -0.15) is 5.10 Å². The van der Waals surface area contributed by atoms with E-state index in [1.807, 2.05) is 0 Å². The maximum Gasteiger partial charge on any atom is 0.356 e. The number of carbonyl (C=O) groups is 2. The molecule has 0 aliphatic heterocycles. The minimum atomic E-state index is -1.12. The molecule has 0 saturated heterocycles. The fourth-order valence-electron chi connectivity index (χ4n) is 2.02. The van der Waals surface area contributed by atoms with E-state index >= 15 is 0 Å². The van der Waals surface area contributed by atoms with Gasteiger partial charge in [0, 0.05) is 12.0 Å². The van der Waals surface area contributed by atoms with Gasteiger partial charge in [-0.3, -0.25) is 9.48 Å². The second kappa shape index (κ2) is 4.05. The van der Waals surface area contributed by atoms with Crippen LogP contribution in [0.2, 0.25) is 0 Å². The number of hydrogen-bond acceptors (Lipinski definition) is 4. The average Bonchev–Trinajstić information content (AvgIpc) is 2.59. The molecule has 1 aromatic rings. The second-order valence-corrected chi connectivity index (χ2v) is 3.70. The first-order valence-corrected chi connectivity index (χ1v) is 5.12. The molecular formula is C10H12N2O4. The SMILES string of the molecule is O=C(O)c1nn(CCO)c2c1CCCC2=O. The summed E-state index contributed by atoms with van der Waals surface area (Å²) in [5.74, 6) is -1.21. The summed E-state index contributed by atoms with van der Waals surface area (Å²) in [6, 6.07) is 0. The largest absolute Gasteiger partial charge is 0.476 e. The number of ketones is 1. The molecule has 1 aliphatic carbocycles. The molecule has 0 bridgehead atoms. The summed E-state index contributed by atoms with van der Waals surface area (Å²) >= 11 is 0. The smallest absolute Gasteiger partial charge is 0.356 e. The van der Waals surface area contributed by atoms with Gasteiger partial charge in [0.05, 0.1) is 13.2 Å². The predicted octanol–water partition coefficient (Wildman–Crippen LogP) is 0.0926. The van der Waals surface area contributed by atoms with Gasteiger partial charge in [-0.1, -0.05) is 0 Å². The van der Waals surface area contributed by atoms with E-state index in [1.165, 1.54) is 4.68 Å². The molecule has 6 heteroatoms. The zero-order chi connectivity index (χ0) is 11.7. The molecule has 2 rings (SSSR count). The molecule has 86 valence electrons. The molecule has 1 heterocycles. The Balaban J connectivity index is 2.55. The highest BCUT2D eigenvalue weighted by Gasteiger charge is 2.29. The zero-order valence-corrected chi connectivity index (χ0v) is 8.64. The Bertz CT molecular complexity index is 450. The number of rotatable bonds is 3. The molecule has 6 nitrogen and oxygen atoms in total. The van der Waals surface area contributed by atoms with Gasteiger partial charge in [-0.25, -0.2) is 4.79 Å². The fourth-order valence-corrected chi connectivity index (χ4v) is 2.02. The maximum absolute atomic E-state index is 11.7. The highest BCUT2D eigenvalue weighted by Crippen LogP contribution is 2.24. The Labute approximate surface area is 91.5 Å². The van der Waals surface area contributed by atoms with Crippen LogP contribution in [0.3, 0.4) is 0 Å². The first kappa shape index (κ1) is 10.8. The van der Waals surface area contributed by atoms with Gasteiger partial charge in [0.25, 0.3) is 0 Å². The van der Waals surface area contributed by atoms with Crippen molar-refractivity contribution in [1.29, 1.82) is 0 Å². The van der Waals surface area contributed by atoms with Crippen molar-refractivity contribution < 1.29 is 19.8 Å². The monoisotopic (exact) mass is 224 g/mol. The van der Waals surface area contributed by atoms with E-state index in [9.17, 15) is 9.59 Å². The molecule has 0 spiro atoms. The Morgan fingerprint density at radius 1 is 1.44 bits per heavy atom. The van der Waals surface area contributed by atoms with E-state index in [0.29, 0.717) is 30.5 Å². The van der Waals surface area contributed by atoms with E-state index in [0.717, 1.165) is 0 Å². The zero-order valence-electron chi connectivity index (χ0n) is 8.64. The number of carboxylic acid groups (broad SMARTS) is 1. The molecular weight excluding hydrogens is 212 g/mol. The standard InChI is InChI=1S/C10H12N2O4/c13-5-4-12-9-6(2-1-3-7(9)14)8(11-12)10(15)16/h13H,1-5H2,(H,15,16). The summed E-state index contributed by atoms with van der Waals surface area (Å²) in [6.45, 7) is -0.0121. The molecule has 0 unspecified atom stereocenters. The first-order valence-electron chi connectivity index (χ1n) is 5.12. The predicted molar refractivity (Wildman–Crippen MR) is 53.5 cm³/mol. The molecule has 0 fully saturated rings. The Hall–Kier alpha value is -1.69. The Morgan fingerprint density at radius 3 is 2.81 bits per heavy atom. The lowest BCUT2D eigenvalue weighted by atomic mass is 9.94. The van der Waals surface area contributed by atoms with Gasteiger partial charge >= 0.3 is 5.97 Å². The summed E-state index contributed by atoms with van der Waals surface area (Å²) in [7, 11) is 0. The van der Waals surface area contributed by atoms with Crippen LogP contribution in [0.5, 0.6) is 0 Å². The summed E-state index contributed by atoms with van der Waals surface area (Å²) in [4.78, 5) is 22.6. The van der Waals surface area contributed by atoms with Crippen molar-refractivity contribution in [3.05, 3.63) is 17.0 Å². The minimum Gasteiger partial charge on any atom is -0.476 e. The normalized spacial score (nSPS) is 14.9. The number of nitrogens with zero attached hydrogens (tertiary/aromatic N) is 2. The summed E-state index contributed by atoms with van der Waals surface area (Å²) < 4.78 is 1.31. The average molecular weight is 224 g/mol. The lowest BCUT2D eigenvalue weighted by molar-refractivity contribution is 0.0687. The van der Waals surface area contributed by atoms with Crippen LogP contribution in [0.15, 0.2) is 0 Å². The van der Waals surface area contributed by atoms with E-state index in [2.05, 4.69) is 5.10 Å². The third kappa shape index (κ3) is 1.61. The van der Waals surface area contributed by atoms with E-state index < -0.39 is 5.97 Å². The number of fused-ring (bicyclic) bond motifs is 1. The van der Waals surface area contributed by atoms with Gasteiger partial charge < -0.3 is 10.2 Å². The number of Topliss-reactive ketones (excluding diaryl/α,β-unsaturated/α-hetero) is 1. The van der Waals surface area contributed by atoms with Gasteiger partial charge in [0.15, 0.2) is 11.5 Å². The molecule has 1 aromatic heterocycles. The second-order valence-electron chi connectivity index (χ2n) is 3.70. The number of aliphatic hydroxyl groups excluding tert-OH is 1. The van der Waals surface area contributed by atoms with Crippen molar-refractivity contribution in [3.63, 3.8) is 0 Å². The van der Waals surface area contributed by atoms with E-state index in [4.69, 9.17) is 10.2 Å².